The summed E-state index contributed by atoms with van der Waals surface area (Å²) >= 11 is 0. The van der Waals surface area contributed by atoms with Crippen LogP contribution in [0.4, 0.5) is 11.6 Å². The number of anilines is 2. The van der Waals surface area contributed by atoms with Crippen LogP contribution in [0.2, 0.25) is 0 Å². The Bertz CT molecular complexity index is 817. The molecular weight excluding hydrogens is 386 g/mol. The van der Waals surface area contributed by atoms with Crippen molar-refractivity contribution in [3.05, 3.63) is 30.6 Å². The van der Waals surface area contributed by atoms with Crippen LogP contribution >= 0.6 is 0 Å². The zero-order valence-electron chi connectivity index (χ0n) is 17.6. The zero-order chi connectivity index (χ0) is 21.9. The number of hydrazine groups is 1. The molecule has 2 amide bonds. The van der Waals surface area contributed by atoms with E-state index in [1.807, 2.05) is 37.2 Å². The predicted molar refractivity (Wildman–Crippen MR) is 114 cm³/mol. The van der Waals surface area contributed by atoms with Gasteiger partial charge < -0.3 is 4.90 Å². The molecule has 0 spiro atoms. The number of hydrogen-bond donors (Lipinski definition) is 3. The molecular formula is C20H29N7O3. The summed E-state index contributed by atoms with van der Waals surface area (Å²) in [6.07, 6.45) is 6.95. The fraction of sp³-hybridized carbons (Fsp3) is 0.450. The molecule has 162 valence electrons. The Morgan fingerprint density at radius 3 is 2.70 bits per heavy atom. The molecule has 10 nitrogen and oxygen atoms in total. The van der Waals surface area contributed by atoms with E-state index in [1.165, 1.54) is 0 Å². The van der Waals surface area contributed by atoms with Crippen LogP contribution in [0.15, 0.2) is 30.6 Å². The minimum atomic E-state index is -0.560. The second-order valence-corrected chi connectivity index (χ2v) is 7.07. The summed E-state index contributed by atoms with van der Waals surface area (Å²) in [5, 5.41) is 9.98. The molecule has 0 bridgehead atoms. The van der Waals surface area contributed by atoms with Gasteiger partial charge in [-0.3, -0.25) is 30.6 Å². The summed E-state index contributed by atoms with van der Waals surface area (Å²) in [6, 6.07) is 5.53. The Balaban J connectivity index is 2.12. The van der Waals surface area contributed by atoms with Gasteiger partial charge in [-0.1, -0.05) is 32.3 Å². The van der Waals surface area contributed by atoms with Gasteiger partial charge in [0.25, 0.3) is 0 Å². The van der Waals surface area contributed by atoms with E-state index in [0.29, 0.717) is 22.9 Å². The first-order valence-electron chi connectivity index (χ1n) is 9.88. The number of rotatable bonds is 12. The number of aromatic nitrogens is 3. The number of carbonyl (C=O) groups excluding carboxylic acids is 2. The lowest BCUT2D eigenvalue weighted by Crippen LogP contribution is -2.40. The van der Waals surface area contributed by atoms with Gasteiger partial charge in [0, 0.05) is 20.3 Å². The first kappa shape index (κ1) is 23.0. The molecule has 2 rings (SSSR count). The quantitative estimate of drug-likeness (QED) is 0.208. The van der Waals surface area contributed by atoms with E-state index in [0.717, 1.165) is 24.9 Å². The molecule has 0 saturated heterocycles. The third kappa shape index (κ3) is 6.66. The third-order valence-corrected chi connectivity index (χ3v) is 4.51. The van der Waals surface area contributed by atoms with Crippen LogP contribution in [0.25, 0.3) is 11.4 Å². The summed E-state index contributed by atoms with van der Waals surface area (Å²) in [5.41, 5.74) is 7.39. The van der Waals surface area contributed by atoms with Gasteiger partial charge in [-0.2, -0.15) is 0 Å². The van der Waals surface area contributed by atoms with Gasteiger partial charge in [-0.05, 0) is 18.6 Å². The Labute approximate surface area is 176 Å². The molecule has 1 unspecified atom stereocenters. The molecule has 2 aromatic rings. The molecule has 1 atom stereocenters. The first-order valence-corrected chi connectivity index (χ1v) is 9.88. The Kier molecular flexibility index (Phi) is 8.95. The van der Waals surface area contributed by atoms with Crippen molar-refractivity contribution in [2.24, 2.45) is 5.92 Å². The fourth-order valence-electron chi connectivity index (χ4n) is 2.89. The highest BCUT2D eigenvalue weighted by molar-refractivity contribution is 5.80. The highest BCUT2D eigenvalue weighted by Crippen LogP contribution is 2.26. The van der Waals surface area contributed by atoms with Crippen LogP contribution in [0.1, 0.15) is 32.6 Å². The van der Waals surface area contributed by atoms with Crippen LogP contribution in [0, 0.1) is 5.92 Å². The summed E-state index contributed by atoms with van der Waals surface area (Å²) in [4.78, 5) is 38.3. The largest absolute Gasteiger partial charge is 0.375 e. The van der Waals surface area contributed by atoms with Gasteiger partial charge in [-0.25, -0.2) is 15.0 Å². The van der Waals surface area contributed by atoms with E-state index in [9.17, 15) is 14.8 Å². The molecule has 0 saturated carbocycles. The highest BCUT2D eigenvalue weighted by Gasteiger charge is 2.21. The fourth-order valence-corrected chi connectivity index (χ4v) is 2.89. The first-order chi connectivity index (χ1) is 14.5. The van der Waals surface area contributed by atoms with Crippen LogP contribution in [-0.4, -0.2) is 58.2 Å². The number of hydroxylamine groups is 2. The SMILES string of the molecule is CCCCCC(CN(O)C=O)C(=O)NNc1ncc(N(C)C)c(-c2ccccn2)n1. The second-order valence-electron chi connectivity index (χ2n) is 7.07. The normalized spacial score (nSPS) is 11.5. The van der Waals surface area contributed by atoms with Gasteiger partial charge in [0.2, 0.25) is 18.3 Å². The van der Waals surface area contributed by atoms with E-state index in [2.05, 4.69) is 32.7 Å². The van der Waals surface area contributed by atoms with Crippen molar-refractivity contribution < 1.29 is 14.8 Å². The van der Waals surface area contributed by atoms with Crippen LogP contribution in [0.3, 0.4) is 0 Å². The number of amides is 2. The van der Waals surface area contributed by atoms with E-state index in [4.69, 9.17) is 0 Å². The number of unbranched alkanes of at least 4 members (excludes halogenated alkanes) is 2. The van der Waals surface area contributed by atoms with Crippen molar-refractivity contribution in [1.29, 1.82) is 0 Å². The maximum atomic E-state index is 12.6. The lowest BCUT2D eigenvalue weighted by Gasteiger charge is -2.20. The average molecular weight is 415 g/mol. The number of hydrogen-bond acceptors (Lipinski definition) is 8. The third-order valence-electron chi connectivity index (χ3n) is 4.51. The van der Waals surface area contributed by atoms with Gasteiger partial charge >= 0.3 is 0 Å². The highest BCUT2D eigenvalue weighted by atomic mass is 16.5. The summed E-state index contributed by atoms with van der Waals surface area (Å²) in [5.74, 6) is -0.708. The maximum absolute atomic E-state index is 12.6. The van der Waals surface area contributed by atoms with Gasteiger partial charge in [0.15, 0.2) is 0 Å². The molecule has 0 aliphatic rings. The molecule has 2 aromatic heterocycles. The topological polar surface area (TPSA) is 124 Å². The van der Waals surface area contributed by atoms with Gasteiger partial charge in [0.1, 0.15) is 5.69 Å². The smallest absolute Gasteiger partial charge is 0.243 e. The Hall–Kier alpha value is -3.27. The average Bonchev–Trinajstić information content (AvgIpc) is 2.77. The van der Waals surface area contributed by atoms with Crippen molar-refractivity contribution in [2.75, 3.05) is 31.0 Å². The van der Waals surface area contributed by atoms with Crippen LogP contribution in [-0.2, 0) is 9.59 Å². The van der Waals surface area contributed by atoms with Crippen LogP contribution < -0.4 is 15.8 Å². The van der Waals surface area contributed by atoms with Crippen molar-refractivity contribution in [3.8, 4) is 11.4 Å². The minimum absolute atomic E-state index is 0.0830. The molecule has 0 fully saturated rings. The Morgan fingerprint density at radius 2 is 2.07 bits per heavy atom. The maximum Gasteiger partial charge on any atom is 0.243 e. The Morgan fingerprint density at radius 1 is 1.27 bits per heavy atom. The van der Waals surface area contributed by atoms with Gasteiger partial charge in [-0.15, -0.1) is 0 Å². The molecule has 10 heteroatoms. The van der Waals surface area contributed by atoms with Crippen molar-refractivity contribution in [2.45, 2.75) is 32.6 Å². The summed E-state index contributed by atoms with van der Waals surface area (Å²) in [7, 11) is 3.77. The van der Waals surface area contributed by atoms with E-state index in [-0.39, 0.29) is 24.8 Å². The second kappa shape index (κ2) is 11.7. The standard InChI is InChI=1S/C20H29N7O3/c1-4-5-6-9-15(13-27(30)14-28)19(29)24-25-20-22-12-17(26(2)3)18(23-20)16-10-7-8-11-21-16/h7-8,10-12,14-15,30H,4-6,9,13H2,1-3H3,(H,24,29)(H,22,23,25). The number of pyridine rings is 1. The summed E-state index contributed by atoms with van der Waals surface area (Å²) < 4.78 is 0. The van der Waals surface area contributed by atoms with Crippen molar-refractivity contribution in [1.82, 2.24) is 25.4 Å². The lowest BCUT2D eigenvalue weighted by atomic mass is 10.0. The molecule has 0 aliphatic heterocycles. The van der Waals surface area contributed by atoms with Crippen molar-refractivity contribution in [3.63, 3.8) is 0 Å². The molecule has 30 heavy (non-hydrogen) atoms. The minimum Gasteiger partial charge on any atom is -0.375 e. The van der Waals surface area contributed by atoms with E-state index in [1.54, 1.807) is 12.4 Å². The van der Waals surface area contributed by atoms with Crippen molar-refractivity contribution >= 4 is 24.0 Å². The molecule has 2 heterocycles. The van der Waals surface area contributed by atoms with Crippen LogP contribution in [0.5, 0.6) is 0 Å². The summed E-state index contributed by atoms with van der Waals surface area (Å²) in [6.45, 7) is 1.98. The van der Waals surface area contributed by atoms with E-state index < -0.39 is 5.92 Å². The van der Waals surface area contributed by atoms with E-state index >= 15 is 0 Å². The molecule has 0 aromatic carbocycles. The molecule has 3 N–H and O–H groups in total. The molecule has 0 aliphatic carbocycles. The molecule has 0 radical (unpaired) electrons. The number of nitrogens with zero attached hydrogens (tertiary/aromatic N) is 5. The number of nitrogens with one attached hydrogen (secondary N) is 2. The zero-order valence-corrected chi connectivity index (χ0v) is 17.6. The predicted octanol–water partition coefficient (Wildman–Crippen LogP) is 2.09. The monoisotopic (exact) mass is 415 g/mol. The van der Waals surface area contributed by atoms with Gasteiger partial charge in [0.05, 0.1) is 30.0 Å². The lowest BCUT2D eigenvalue weighted by molar-refractivity contribution is -0.154. The number of carbonyl (C=O) groups is 2.